The van der Waals surface area contributed by atoms with E-state index >= 15 is 0 Å². The molecule has 0 atom stereocenters. The molecule has 2 aliphatic heterocycles. The summed E-state index contributed by atoms with van der Waals surface area (Å²) >= 11 is 3.26. The molecule has 3 rings (SSSR count). The van der Waals surface area contributed by atoms with Gasteiger partial charge in [0.25, 0.3) is 5.91 Å². The SMILES string of the molecule is NC(=O)c1c(F)cc(Br)cc1N1CCC(C(=O)N2CCOCC2)CC1. The number of carbonyl (C=O) groups is 2. The van der Waals surface area contributed by atoms with E-state index in [0.29, 0.717) is 62.4 Å². The van der Waals surface area contributed by atoms with Crippen LogP contribution in [0.5, 0.6) is 0 Å². The van der Waals surface area contributed by atoms with Crippen LogP contribution in [-0.4, -0.2) is 56.1 Å². The molecular formula is C17H21BrFN3O3. The quantitative estimate of drug-likeness (QED) is 0.818. The Morgan fingerprint density at radius 1 is 1.16 bits per heavy atom. The van der Waals surface area contributed by atoms with E-state index in [2.05, 4.69) is 15.9 Å². The molecule has 8 heteroatoms. The molecule has 1 aromatic rings. The maximum absolute atomic E-state index is 14.1. The molecule has 0 aliphatic carbocycles. The fraction of sp³-hybridized carbons (Fsp3) is 0.529. The Labute approximate surface area is 154 Å². The highest BCUT2D eigenvalue weighted by Crippen LogP contribution is 2.31. The summed E-state index contributed by atoms with van der Waals surface area (Å²) in [5.74, 6) is -1.29. The monoisotopic (exact) mass is 413 g/mol. The zero-order valence-electron chi connectivity index (χ0n) is 13.8. The molecule has 0 spiro atoms. The Kier molecular flexibility index (Phi) is 5.58. The summed E-state index contributed by atoms with van der Waals surface area (Å²) in [5.41, 5.74) is 5.74. The van der Waals surface area contributed by atoms with Crippen molar-refractivity contribution < 1.29 is 18.7 Å². The summed E-state index contributed by atoms with van der Waals surface area (Å²) < 4.78 is 20.0. The molecule has 25 heavy (non-hydrogen) atoms. The Hall–Kier alpha value is -1.67. The third kappa shape index (κ3) is 3.95. The van der Waals surface area contributed by atoms with Crippen LogP contribution in [-0.2, 0) is 9.53 Å². The van der Waals surface area contributed by atoms with Gasteiger partial charge in [0.1, 0.15) is 5.82 Å². The van der Waals surface area contributed by atoms with Gasteiger partial charge in [-0.05, 0) is 25.0 Å². The maximum Gasteiger partial charge on any atom is 0.253 e. The van der Waals surface area contributed by atoms with Crippen molar-refractivity contribution >= 4 is 33.4 Å². The minimum atomic E-state index is -0.786. The zero-order chi connectivity index (χ0) is 18.0. The highest BCUT2D eigenvalue weighted by molar-refractivity contribution is 9.10. The molecule has 0 aromatic heterocycles. The van der Waals surface area contributed by atoms with Gasteiger partial charge in [-0.1, -0.05) is 15.9 Å². The number of nitrogens with two attached hydrogens (primary N) is 1. The number of rotatable bonds is 3. The van der Waals surface area contributed by atoms with E-state index in [1.165, 1.54) is 6.07 Å². The summed E-state index contributed by atoms with van der Waals surface area (Å²) in [6, 6.07) is 2.94. The summed E-state index contributed by atoms with van der Waals surface area (Å²) in [7, 11) is 0. The Morgan fingerprint density at radius 3 is 2.40 bits per heavy atom. The van der Waals surface area contributed by atoms with Gasteiger partial charge in [0.15, 0.2) is 0 Å². The molecule has 2 amide bonds. The molecule has 2 heterocycles. The van der Waals surface area contributed by atoms with Crippen LogP contribution in [0.4, 0.5) is 10.1 Å². The minimum absolute atomic E-state index is 0.0385. The third-order valence-electron chi connectivity index (χ3n) is 4.79. The molecule has 2 aliphatic rings. The third-order valence-corrected chi connectivity index (χ3v) is 5.25. The second kappa shape index (κ2) is 7.70. The van der Waals surface area contributed by atoms with E-state index in [1.54, 1.807) is 6.07 Å². The molecular weight excluding hydrogens is 393 g/mol. The van der Waals surface area contributed by atoms with Crippen LogP contribution in [0.15, 0.2) is 16.6 Å². The normalized spacial score (nSPS) is 19.1. The van der Waals surface area contributed by atoms with Crippen LogP contribution in [0.3, 0.4) is 0 Å². The molecule has 0 saturated carbocycles. The van der Waals surface area contributed by atoms with E-state index in [0.717, 1.165) is 0 Å². The lowest BCUT2D eigenvalue weighted by Crippen LogP contribution is -2.47. The second-order valence-electron chi connectivity index (χ2n) is 6.34. The van der Waals surface area contributed by atoms with Gasteiger partial charge in [0.2, 0.25) is 5.91 Å². The van der Waals surface area contributed by atoms with Gasteiger partial charge in [0, 0.05) is 36.6 Å². The van der Waals surface area contributed by atoms with Crippen molar-refractivity contribution in [2.45, 2.75) is 12.8 Å². The van der Waals surface area contributed by atoms with Crippen LogP contribution < -0.4 is 10.6 Å². The number of primary amides is 1. The molecule has 2 saturated heterocycles. The summed E-state index contributed by atoms with van der Waals surface area (Å²) in [4.78, 5) is 28.0. The van der Waals surface area contributed by atoms with Crippen molar-refractivity contribution in [3.05, 3.63) is 28.0 Å². The number of piperidine rings is 1. The number of carbonyl (C=O) groups excluding carboxylic acids is 2. The molecule has 2 fully saturated rings. The molecule has 0 unspecified atom stereocenters. The molecule has 0 bridgehead atoms. The highest BCUT2D eigenvalue weighted by atomic mass is 79.9. The lowest BCUT2D eigenvalue weighted by Gasteiger charge is -2.37. The number of hydrogen-bond acceptors (Lipinski definition) is 4. The Morgan fingerprint density at radius 2 is 1.80 bits per heavy atom. The first kappa shape index (κ1) is 18.1. The number of ether oxygens (including phenoxy) is 1. The van der Waals surface area contributed by atoms with Crippen LogP contribution in [0.1, 0.15) is 23.2 Å². The molecule has 0 radical (unpaired) electrons. The van der Waals surface area contributed by atoms with Crippen LogP contribution in [0, 0.1) is 11.7 Å². The van der Waals surface area contributed by atoms with Crippen molar-refractivity contribution in [1.82, 2.24) is 4.90 Å². The number of benzene rings is 1. The predicted octanol–water partition coefficient (Wildman–Crippen LogP) is 1.76. The van der Waals surface area contributed by atoms with Crippen LogP contribution >= 0.6 is 15.9 Å². The molecule has 1 aromatic carbocycles. The van der Waals surface area contributed by atoms with Gasteiger partial charge in [-0.3, -0.25) is 9.59 Å². The van der Waals surface area contributed by atoms with Crippen molar-refractivity contribution in [2.24, 2.45) is 11.7 Å². The average Bonchev–Trinajstić information content (AvgIpc) is 2.61. The predicted molar refractivity (Wildman–Crippen MR) is 95.0 cm³/mol. The fourth-order valence-electron chi connectivity index (χ4n) is 3.46. The second-order valence-corrected chi connectivity index (χ2v) is 7.26. The maximum atomic E-state index is 14.1. The van der Waals surface area contributed by atoms with E-state index in [1.807, 2.05) is 9.80 Å². The number of nitrogens with zero attached hydrogens (tertiary/aromatic N) is 2. The fourth-order valence-corrected chi connectivity index (χ4v) is 3.88. The summed E-state index contributed by atoms with van der Waals surface area (Å²) in [6.45, 7) is 3.62. The lowest BCUT2D eigenvalue weighted by molar-refractivity contribution is -0.140. The van der Waals surface area contributed by atoms with Crippen LogP contribution in [0.25, 0.3) is 0 Å². The minimum Gasteiger partial charge on any atom is -0.378 e. The zero-order valence-corrected chi connectivity index (χ0v) is 15.4. The van der Waals surface area contributed by atoms with Gasteiger partial charge in [0.05, 0.1) is 24.5 Å². The number of amides is 2. The number of halogens is 2. The van der Waals surface area contributed by atoms with Crippen molar-refractivity contribution in [1.29, 1.82) is 0 Å². The number of hydrogen-bond donors (Lipinski definition) is 1. The first-order valence-electron chi connectivity index (χ1n) is 8.37. The first-order valence-corrected chi connectivity index (χ1v) is 9.17. The standard InChI is InChI=1S/C17H21BrFN3O3/c18-12-9-13(19)15(16(20)23)14(10-12)21-3-1-11(2-4-21)17(24)22-5-7-25-8-6-22/h9-11H,1-8H2,(H2,20,23). The Balaban J connectivity index is 1.70. The van der Waals surface area contributed by atoms with Gasteiger partial charge >= 0.3 is 0 Å². The van der Waals surface area contributed by atoms with E-state index < -0.39 is 11.7 Å². The molecule has 136 valence electrons. The van der Waals surface area contributed by atoms with E-state index in [4.69, 9.17) is 10.5 Å². The molecule has 2 N–H and O–H groups in total. The van der Waals surface area contributed by atoms with Gasteiger partial charge in [-0.15, -0.1) is 0 Å². The topological polar surface area (TPSA) is 75.9 Å². The van der Waals surface area contributed by atoms with Gasteiger partial charge in [-0.2, -0.15) is 0 Å². The van der Waals surface area contributed by atoms with E-state index in [9.17, 15) is 14.0 Å². The Bertz CT molecular complexity index is 671. The largest absolute Gasteiger partial charge is 0.378 e. The van der Waals surface area contributed by atoms with Crippen molar-refractivity contribution in [3.8, 4) is 0 Å². The van der Waals surface area contributed by atoms with Crippen LogP contribution in [0.2, 0.25) is 0 Å². The highest BCUT2D eigenvalue weighted by Gasteiger charge is 2.31. The van der Waals surface area contributed by atoms with Crippen molar-refractivity contribution in [3.63, 3.8) is 0 Å². The summed E-state index contributed by atoms with van der Waals surface area (Å²) in [6.07, 6.45) is 1.34. The summed E-state index contributed by atoms with van der Waals surface area (Å²) in [5, 5.41) is 0. The number of anilines is 1. The average molecular weight is 414 g/mol. The van der Waals surface area contributed by atoms with Crippen molar-refractivity contribution in [2.75, 3.05) is 44.3 Å². The van der Waals surface area contributed by atoms with Gasteiger partial charge in [-0.25, -0.2) is 4.39 Å². The smallest absolute Gasteiger partial charge is 0.253 e. The van der Waals surface area contributed by atoms with Gasteiger partial charge < -0.3 is 20.3 Å². The molecule has 6 nitrogen and oxygen atoms in total. The first-order chi connectivity index (χ1) is 12.0. The lowest BCUT2D eigenvalue weighted by atomic mass is 9.94. The van der Waals surface area contributed by atoms with E-state index in [-0.39, 0.29) is 17.4 Å². The number of morpholine rings is 1.